The van der Waals surface area contributed by atoms with Gasteiger partial charge in [0.2, 0.25) is 0 Å². The van der Waals surface area contributed by atoms with Crippen LogP contribution in [0.4, 0.5) is 0 Å². The van der Waals surface area contributed by atoms with E-state index in [2.05, 4.69) is 42.7 Å². The molecule has 1 heteroatoms. The van der Waals surface area contributed by atoms with Gasteiger partial charge in [0.25, 0.3) is 0 Å². The summed E-state index contributed by atoms with van der Waals surface area (Å²) in [6.07, 6.45) is 14.1. The molecule has 0 aromatic carbocycles. The first kappa shape index (κ1) is 9.95. The van der Waals surface area contributed by atoms with Crippen molar-refractivity contribution in [2.45, 2.75) is 45.6 Å². The maximum absolute atomic E-state index is 2.61. The van der Waals surface area contributed by atoms with E-state index in [4.69, 9.17) is 0 Å². The second-order valence-electron chi connectivity index (χ2n) is 4.78. The second-order valence-corrected chi connectivity index (χ2v) is 4.78. The highest BCUT2D eigenvalue weighted by atomic mass is 15.1. The van der Waals surface area contributed by atoms with E-state index >= 15 is 0 Å². The van der Waals surface area contributed by atoms with Gasteiger partial charge in [-0.2, -0.15) is 0 Å². The van der Waals surface area contributed by atoms with Crippen LogP contribution in [0.2, 0.25) is 0 Å². The number of aromatic nitrogens is 1. The highest BCUT2D eigenvalue weighted by molar-refractivity contribution is 5.67. The molecule has 1 aromatic rings. The zero-order valence-electron chi connectivity index (χ0n) is 10.2. The normalized spacial score (nSPS) is 22.0. The van der Waals surface area contributed by atoms with Gasteiger partial charge >= 0.3 is 0 Å². The monoisotopic (exact) mass is 213 g/mol. The minimum Gasteiger partial charge on any atom is -0.341 e. The van der Waals surface area contributed by atoms with Gasteiger partial charge in [-0.15, -0.1) is 0 Å². The van der Waals surface area contributed by atoms with Crippen LogP contribution < -0.4 is 0 Å². The molecule has 2 aliphatic rings. The lowest BCUT2D eigenvalue weighted by Crippen LogP contribution is -2.08. The van der Waals surface area contributed by atoms with Gasteiger partial charge in [-0.05, 0) is 49.8 Å². The maximum atomic E-state index is 2.61. The number of rotatable bonds is 2. The van der Waals surface area contributed by atoms with Crippen LogP contribution in [-0.2, 0) is 12.8 Å². The molecule has 3 rings (SSSR count). The zero-order valence-corrected chi connectivity index (χ0v) is 10.2. The quantitative estimate of drug-likeness (QED) is 0.700. The fourth-order valence-corrected chi connectivity index (χ4v) is 3.31. The third kappa shape index (κ3) is 1.17. The van der Waals surface area contributed by atoms with Crippen LogP contribution >= 0.6 is 0 Å². The van der Waals surface area contributed by atoms with E-state index in [1.165, 1.54) is 30.5 Å². The number of allylic oxidation sites excluding steroid dienone is 2. The molecule has 0 radical (unpaired) electrons. The van der Waals surface area contributed by atoms with E-state index in [0.717, 1.165) is 12.5 Å². The fourth-order valence-electron chi connectivity index (χ4n) is 3.31. The van der Waals surface area contributed by atoms with Gasteiger partial charge in [0.1, 0.15) is 0 Å². The van der Waals surface area contributed by atoms with Gasteiger partial charge in [0, 0.05) is 17.4 Å². The van der Waals surface area contributed by atoms with E-state index in [-0.39, 0.29) is 0 Å². The Morgan fingerprint density at radius 1 is 1.50 bits per heavy atom. The summed E-state index contributed by atoms with van der Waals surface area (Å²) < 4.78 is 2.61. The van der Waals surface area contributed by atoms with Crippen molar-refractivity contribution < 1.29 is 0 Å². The lowest BCUT2D eigenvalue weighted by molar-refractivity contribution is 0.524. The van der Waals surface area contributed by atoms with Crippen LogP contribution in [0.1, 0.15) is 55.2 Å². The molecular weight excluding hydrogens is 194 g/mol. The van der Waals surface area contributed by atoms with Gasteiger partial charge < -0.3 is 4.57 Å². The maximum Gasteiger partial charge on any atom is 0.0447 e. The Hall–Kier alpha value is -1.24. The summed E-state index contributed by atoms with van der Waals surface area (Å²) in [6, 6.07) is 0.749. The molecule has 0 bridgehead atoms. The molecule has 84 valence electrons. The molecule has 0 aliphatic carbocycles. The first-order valence-electron chi connectivity index (χ1n) is 6.42. The third-order valence-electron chi connectivity index (χ3n) is 3.95. The SMILES string of the molecule is CC=Cc1c(CC)c2n3c1CC[C@@H]3CC=C2. The number of hydrogen-bond donors (Lipinski definition) is 0. The van der Waals surface area contributed by atoms with Crippen molar-refractivity contribution in [3.63, 3.8) is 0 Å². The average molecular weight is 213 g/mol. The first-order chi connectivity index (χ1) is 7.86. The van der Waals surface area contributed by atoms with Gasteiger partial charge in [0.05, 0.1) is 0 Å². The highest BCUT2D eigenvalue weighted by Gasteiger charge is 2.30. The predicted octanol–water partition coefficient (Wildman–Crippen LogP) is 3.99. The molecule has 1 atom stereocenters. The largest absolute Gasteiger partial charge is 0.341 e. The van der Waals surface area contributed by atoms with Crippen molar-refractivity contribution in [2.24, 2.45) is 0 Å². The molecule has 0 N–H and O–H groups in total. The van der Waals surface area contributed by atoms with Crippen LogP contribution in [0, 0.1) is 0 Å². The van der Waals surface area contributed by atoms with Crippen LogP contribution in [0.3, 0.4) is 0 Å². The number of nitrogens with zero attached hydrogens (tertiary/aromatic N) is 1. The lowest BCUT2D eigenvalue weighted by atomic mass is 9.99. The van der Waals surface area contributed by atoms with Crippen molar-refractivity contribution in [2.75, 3.05) is 0 Å². The Balaban J connectivity index is 2.27. The van der Waals surface area contributed by atoms with Crippen molar-refractivity contribution >= 4 is 12.2 Å². The molecular formula is C15H19N. The molecule has 0 saturated heterocycles. The highest BCUT2D eigenvalue weighted by Crippen LogP contribution is 2.41. The molecule has 0 saturated carbocycles. The Labute approximate surface area is 97.5 Å². The molecule has 2 aliphatic heterocycles. The summed E-state index contributed by atoms with van der Waals surface area (Å²) in [4.78, 5) is 0. The third-order valence-corrected chi connectivity index (χ3v) is 3.95. The molecule has 0 fully saturated rings. The Bertz CT molecular complexity index is 474. The van der Waals surface area contributed by atoms with Crippen molar-refractivity contribution in [3.8, 4) is 0 Å². The second kappa shape index (κ2) is 3.65. The summed E-state index contributed by atoms with van der Waals surface area (Å²) in [5, 5.41) is 0. The van der Waals surface area contributed by atoms with E-state index < -0.39 is 0 Å². The molecule has 0 amide bonds. The molecule has 1 nitrogen and oxygen atoms in total. The molecule has 16 heavy (non-hydrogen) atoms. The minimum absolute atomic E-state index is 0.749. The van der Waals surface area contributed by atoms with E-state index in [1.807, 2.05) is 0 Å². The van der Waals surface area contributed by atoms with Gasteiger partial charge in [-0.3, -0.25) is 0 Å². The first-order valence-corrected chi connectivity index (χ1v) is 6.42. The molecule has 1 aromatic heterocycles. The predicted molar refractivity (Wildman–Crippen MR) is 69.5 cm³/mol. The standard InChI is InChI=1S/C15H19N/c1-3-6-13-12(4-2)14-8-5-7-11-9-10-15(13)16(11)14/h3,5-6,8,11H,4,7,9-10H2,1-2H3/t11-/m0/s1. The van der Waals surface area contributed by atoms with Gasteiger partial charge in [-0.25, -0.2) is 0 Å². The summed E-state index contributed by atoms with van der Waals surface area (Å²) in [5.74, 6) is 0. The van der Waals surface area contributed by atoms with E-state index in [9.17, 15) is 0 Å². The van der Waals surface area contributed by atoms with E-state index in [0.29, 0.717) is 0 Å². The molecule has 3 heterocycles. The van der Waals surface area contributed by atoms with Crippen LogP contribution in [0.5, 0.6) is 0 Å². The van der Waals surface area contributed by atoms with Crippen LogP contribution in [0.15, 0.2) is 12.2 Å². The van der Waals surface area contributed by atoms with Gasteiger partial charge in [0.15, 0.2) is 0 Å². The lowest BCUT2D eigenvalue weighted by Gasteiger charge is -2.18. The Morgan fingerprint density at radius 3 is 3.12 bits per heavy atom. The molecule has 0 spiro atoms. The Morgan fingerprint density at radius 2 is 2.38 bits per heavy atom. The van der Waals surface area contributed by atoms with Crippen molar-refractivity contribution in [1.29, 1.82) is 0 Å². The summed E-state index contributed by atoms with van der Waals surface area (Å²) >= 11 is 0. The van der Waals surface area contributed by atoms with Crippen LogP contribution in [-0.4, -0.2) is 4.57 Å². The van der Waals surface area contributed by atoms with Crippen LogP contribution in [0.25, 0.3) is 12.2 Å². The average Bonchev–Trinajstić information content (AvgIpc) is 2.85. The summed E-state index contributed by atoms with van der Waals surface area (Å²) in [7, 11) is 0. The summed E-state index contributed by atoms with van der Waals surface area (Å²) in [5.41, 5.74) is 6.13. The Kier molecular flexibility index (Phi) is 2.27. The van der Waals surface area contributed by atoms with Crippen molar-refractivity contribution in [1.82, 2.24) is 4.57 Å². The fraction of sp³-hybridized carbons (Fsp3) is 0.467. The van der Waals surface area contributed by atoms with Gasteiger partial charge in [-0.1, -0.05) is 25.2 Å². The smallest absolute Gasteiger partial charge is 0.0447 e. The summed E-state index contributed by atoms with van der Waals surface area (Å²) in [6.45, 7) is 4.39. The minimum atomic E-state index is 0.749. The topological polar surface area (TPSA) is 4.93 Å². The van der Waals surface area contributed by atoms with Crippen molar-refractivity contribution in [3.05, 3.63) is 34.7 Å². The zero-order chi connectivity index (χ0) is 11.1. The van der Waals surface area contributed by atoms with E-state index in [1.54, 1.807) is 11.3 Å². The number of hydrogen-bond acceptors (Lipinski definition) is 0. The molecule has 0 unspecified atom stereocenters.